The van der Waals surface area contributed by atoms with Gasteiger partial charge in [-0.2, -0.15) is 0 Å². The van der Waals surface area contributed by atoms with Crippen LogP contribution in [0.5, 0.6) is 5.75 Å². The Morgan fingerprint density at radius 1 is 1.59 bits per heavy atom. The molecule has 0 aromatic heterocycles. The predicted octanol–water partition coefficient (Wildman–Crippen LogP) is 1.71. The number of phenols is 1. The number of cyclic esters (lactones) is 1. The number of benzene rings is 1. The highest BCUT2D eigenvalue weighted by Crippen LogP contribution is 2.37. The molecule has 90 valence electrons. The van der Waals surface area contributed by atoms with Gasteiger partial charge in [-0.05, 0) is 25.0 Å². The maximum absolute atomic E-state index is 11.6. The van der Waals surface area contributed by atoms with Gasteiger partial charge in [0.2, 0.25) is 5.75 Å². The molecule has 1 aromatic carbocycles. The van der Waals surface area contributed by atoms with Crippen molar-refractivity contribution in [3.63, 3.8) is 0 Å². The van der Waals surface area contributed by atoms with Crippen LogP contribution in [0.15, 0.2) is 6.07 Å². The van der Waals surface area contributed by atoms with Crippen LogP contribution in [0.1, 0.15) is 28.4 Å². The lowest BCUT2D eigenvalue weighted by molar-refractivity contribution is -0.386. The van der Waals surface area contributed by atoms with Gasteiger partial charge in [0.25, 0.3) is 0 Å². The van der Waals surface area contributed by atoms with Crippen LogP contribution in [0.25, 0.3) is 0 Å². The number of aryl methyl sites for hydroxylation is 1. The topological polar surface area (TPSA) is 89.7 Å². The first-order valence-corrected chi connectivity index (χ1v) is 5.12. The summed E-state index contributed by atoms with van der Waals surface area (Å²) in [4.78, 5) is 21.6. The highest BCUT2D eigenvalue weighted by molar-refractivity contribution is 5.97. The molecule has 6 nitrogen and oxygen atoms in total. The number of fused-ring (bicyclic) bond motifs is 1. The molecular weight excluding hydrogens is 226 g/mol. The Morgan fingerprint density at radius 2 is 2.24 bits per heavy atom. The lowest BCUT2D eigenvalue weighted by Crippen LogP contribution is -2.26. The number of hydrogen-bond donors (Lipinski definition) is 1. The van der Waals surface area contributed by atoms with Crippen molar-refractivity contribution in [3.05, 3.63) is 32.9 Å². The van der Waals surface area contributed by atoms with Crippen molar-refractivity contribution in [1.29, 1.82) is 0 Å². The number of hydrogen-bond acceptors (Lipinski definition) is 5. The van der Waals surface area contributed by atoms with E-state index < -0.39 is 22.3 Å². The molecule has 0 bridgehead atoms. The Hall–Kier alpha value is -2.11. The van der Waals surface area contributed by atoms with Crippen molar-refractivity contribution in [1.82, 2.24) is 0 Å². The van der Waals surface area contributed by atoms with Crippen LogP contribution in [0.3, 0.4) is 0 Å². The van der Waals surface area contributed by atoms with Crippen molar-refractivity contribution in [2.45, 2.75) is 26.4 Å². The molecule has 0 radical (unpaired) electrons. The number of ether oxygens (including phenoxy) is 1. The van der Waals surface area contributed by atoms with E-state index in [0.717, 1.165) is 0 Å². The van der Waals surface area contributed by atoms with Gasteiger partial charge in [-0.15, -0.1) is 0 Å². The third-order valence-corrected chi connectivity index (χ3v) is 2.81. The smallest absolute Gasteiger partial charge is 0.342 e. The molecule has 1 atom stereocenters. The maximum atomic E-state index is 11.6. The van der Waals surface area contributed by atoms with Gasteiger partial charge in [0, 0.05) is 12.5 Å². The van der Waals surface area contributed by atoms with E-state index in [2.05, 4.69) is 0 Å². The number of nitro benzene ring substituents is 1. The highest BCUT2D eigenvalue weighted by Gasteiger charge is 2.32. The number of aromatic hydroxyl groups is 1. The molecule has 0 saturated carbocycles. The summed E-state index contributed by atoms with van der Waals surface area (Å²) in [5, 5.41) is 20.5. The molecule has 0 spiro atoms. The largest absolute Gasteiger partial charge is 0.501 e. The van der Waals surface area contributed by atoms with Crippen LogP contribution >= 0.6 is 0 Å². The molecular formula is C11H11NO5. The summed E-state index contributed by atoms with van der Waals surface area (Å²) in [6.45, 7) is 3.41. The Kier molecular flexibility index (Phi) is 2.49. The highest BCUT2D eigenvalue weighted by atomic mass is 16.6. The zero-order valence-corrected chi connectivity index (χ0v) is 9.39. The van der Waals surface area contributed by atoms with E-state index in [4.69, 9.17) is 4.74 Å². The van der Waals surface area contributed by atoms with Gasteiger partial charge in [-0.1, -0.05) is 0 Å². The van der Waals surface area contributed by atoms with Crippen molar-refractivity contribution in [2.24, 2.45) is 0 Å². The SMILES string of the molecule is Cc1cc([N+](=O)[O-])c(O)c2c1CC(C)OC2=O. The van der Waals surface area contributed by atoms with Crippen LogP contribution in [-0.2, 0) is 11.2 Å². The van der Waals surface area contributed by atoms with Crippen molar-refractivity contribution in [3.8, 4) is 5.75 Å². The molecule has 1 aliphatic heterocycles. The van der Waals surface area contributed by atoms with Gasteiger partial charge in [0.05, 0.1) is 4.92 Å². The van der Waals surface area contributed by atoms with E-state index >= 15 is 0 Å². The molecule has 0 fully saturated rings. The minimum Gasteiger partial charge on any atom is -0.501 e. The van der Waals surface area contributed by atoms with Crippen LogP contribution in [-0.4, -0.2) is 22.1 Å². The van der Waals surface area contributed by atoms with Gasteiger partial charge in [-0.3, -0.25) is 10.1 Å². The molecule has 1 N–H and O–H groups in total. The third kappa shape index (κ3) is 1.71. The average molecular weight is 237 g/mol. The Labute approximate surface area is 97.0 Å². The van der Waals surface area contributed by atoms with Crippen LogP contribution in [0, 0.1) is 17.0 Å². The lowest BCUT2D eigenvalue weighted by atomic mass is 9.93. The number of phenolic OH excluding ortho intramolecular Hbond substituents is 1. The van der Waals surface area contributed by atoms with Crippen LogP contribution in [0.4, 0.5) is 5.69 Å². The Balaban J connectivity index is 2.71. The Bertz CT molecular complexity index is 523. The summed E-state index contributed by atoms with van der Waals surface area (Å²) in [5.41, 5.74) is 0.701. The first-order chi connectivity index (χ1) is 7.91. The summed E-state index contributed by atoms with van der Waals surface area (Å²) in [6.07, 6.45) is 0.174. The average Bonchev–Trinajstić information content (AvgIpc) is 2.21. The normalized spacial score (nSPS) is 18.5. The zero-order valence-electron chi connectivity index (χ0n) is 9.39. The molecule has 6 heteroatoms. The van der Waals surface area contributed by atoms with Gasteiger partial charge >= 0.3 is 11.7 Å². The number of nitro groups is 1. The standard InChI is InChI=1S/C11H11NO5/c1-5-3-8(12(15)16)10(13)9-7(5)4-6(2)17-11(9)14/h3,6,13H,4H2,1-2H3. The summed E-state index contributed by atoms with van der Waals surface area (Å²) in [7, 11) is 0. The fraction of sp³-hybridized carbons (Fsp3) is 0.364. The minimum absolute atomic E-state index is 0.0743. The molecule has 0 amide bonds. The fourth-order valence-corrected chi connectivity index (χ4v) is 2.02. The van der Waals surface area contributed by atoms with Crippen molar-refractivity contribution >= 4 is 11.7 Å². The monoisotopic (exact) mass is 237 g/mol. The van der Waals surface area contributed by atoms with Gasteiger partial charge < -0.3 is 9.84 Å². The van der Waals surface area contributed by atoms with E-state index in [9.17, 15) is 20.0 Å². The first kappa shape index (κ1) is 11.4. The van der Waals surface area contributed by atoms with Gasteiger partial charge in [0.15, 0.2) is 0 Å². The summed E-state index contributed by atoms with van der Waals surface area (Å²) in [6, 6.07) is 1.28. The van der Waals surface area contributed by atoms with Gasteiger partial charge in [0.1, 0.15) is 11.7 Å². The molecule has 1 unspecified atom stereocenters. The van der Waals surface area contributed by atoms with E-state index in [1.165, 1.54) is 6.07 Å². The second kappa shape index (κ2) is 3.73. The van der Waals surface area contributed by atoms with E-state index in [1.807, 2.05) is 0 Å². The second-order valence-corrected chi connectivity index (χ2v) is 4.09. The zero-order chi connectivity index (χ0) is 12.7. The van der Waals surface area contributed by atoms with Gasteiger partial charge in [-0.25, -0.2) is 4.79 Å². The minimum atomic E-state index is -0.714. The number of nitrogens with zero attached hydrogens (tertiary/aromatic N) is 1. The number of carbonyl (C=O) groups excluding carboxylic acids is 1. The summed E-state index contributed by atoms with van der Waals surface area (Å²) in [5.74, 6) is -1.31. The number of carbonyl (C=O) groups is 1. The van der Waals surface area contributed by atoms with E-state index in [0.29, 0.717) is 17.5 Å². The number of esters is 1. The molecule has 0 aliphatic carbocycles. The first-order valence-electron chi connectivity index (χ1n) is 5.12. The number of rotatable bonds is 1. The maximum Gasteiger partial charge on any atom is 0.342 e. The quantitative estimate of drug-likeness (QED) is 0.456. The van der Waals surface area contributed by atoms with E-state index in [-0.39, 0.29) is 11.7 Å². The summed E-state index contributed by atoms with van der Waals surface area (Å²) < 4.78 is 4.96. The molecule has 1 heterocycles. The molecule has 17 heavy (non-hydrogen) atoms. The molecule has 0 saturated heterocycles. The third-order valence-electron chi connectivity index (χ3n) is 2.81. The van der Waals surface area contributed by atoms with Crippen molar-refractivity contribution < 1.29 is 19.6 Å². The molecule has 1 aromatic rings. The van der Waals surface area contributed by atoms with E-state index in [1.54, 1.807) is 13.8 Å². The molecule has 2 rings (SSSR count). The predicted molar refractivity (Wildman–Crippen MR) is 58.1 cm³/mol. The van der Waals surface area contributed by atoms with Crippen LogP contribution < -0.4 is 0 Å². The fourth-order valence-electron chi connectivity index (χ4n) is 2.02. The molecule has 1 aliphatic rings. The van der Waals surface area contributed by atoms with Crippen LogP contribution in [0.2, 0.25) is 0 Å². The van der Waals surface area contributed by atoms with Crippen molar-refractivity contribution in [2.75, 3.05) is 0 Å². The Morgan fingerprint density at radius 3 is 2.82 bits per heavy atom. The summed E-state index contributed by atoms with van der Waals surface area (Å²) >= 11 is 0. The second-order valence-electron chi connectivity index (χ2n) is 4.09. The lowest BCUT2D eigenvalue weighted by Gasteiger charge is -2.23.